The molecule has 0 unspecified atom stereocenters. The Bertz CT molecular complexity index is 825. The first-order chi connectivity index (χ1) is 12.7. The highest BCUT2D eigenvalue weighted by molar-refractivity contribution is 7.91. The predicted octanol–water partition coefficient (Wildman–Crippen LogP) is 1.60. The Balaban J connectivity index is 2.03. The van der Waals surface area contributed by atoms with Gasteiger partial charge in [0.1, 0.15) is 0 Å². The van der Waals surface area contributed by atoms with Crippen molar-refractivity contribution in [1.82, 2.24) is 5.32 Å². The molecule has 27 heavy (non-hydrogen) atoms. The number of esters is 1. The van der Waals surface area contributed by atoms with Crippen LogP contribution >= 0.6 is 11.6 Å². The second-order valence-electron chi connectivity index (χ2n) is 6.08. The SMILES string of the molecule is CCOc1c(Cl)cc(C(=O)O[C@H](C)C(=O)N[C@H]2CCS(=O)(=O)C2)cc1OC. The van der Waals surface area contributed by atoms with Gasteiger partial charge in [0.15, 0.2) is 27.4 Å². The minimum atomic E-state index is -3.12. The van der Waals surface area contributed by atoms with Gasteiger partial charge < -0.3 is 19.5 Å². The number of methoxy groups -OCH3 is 1. The van der Waals surface area contributed by atoms with E-state index in [4.69, 9.17) is 25.8 Å². The molecule has 0 spiro atoms. The van der Waals surface area contributed by atoms with Crippen LogP contribution in [0, 0.1) is 0 Å². The molecule has 0 saturated carbocycles. The molecule has 1 saturated heterocycles. The maximum atomic E-state index is 12.3. The van der Waals surface area contributed by atoms with E-state index >= 15 is 0 Å². The number of rotatable bonds is 7. The van der Waals surface area contributed by atoms with E-state index in [2.05, 4.69) is 5.32 Å². The van der Waals surface area contributed by atoms with E-state index in [1.807, 2.05) is 0 Å². The van der Waals surface area contributed by atoms with Gasteiger partial charge in [-0.3, -0.25) is 4.79 Å². The molecule has 1 amide bonds. The zero-order chi connectivity index (χ0) is 20.2. The molecule has 0 radical (unpaired) electrons. The van der Waals surface area contributed by atoms with Gasteiger partial charge in [-0.2, -0.15) is 0 Å². The maximum absolute atomic E-state index is 12.3. The topological polar surface area (TPSA) is 108 Å². The van der Waals surface area contributed by atoms with E-state index in [1.165, 1.54) is 26.2 Å². The van der Waals surface area contributed by atoms with Gasteiger partial charge in [0.25, 0.3) is 5.91 Å². The molecule has 1 aliphatic rings. The third-order valence-electron chi connectivity index (χ3n) is 3.99. The standard InChI is InChI=1S/C17H22ClNO7S/c1-4-25-15-13(18)7-11(8-14(15)24-3)17(21)26-10(2)16(20)19-12-5-6-27(22,23)9-12/h7-8,10,12H,4-6,9H2,1-3H3,(H,19,20)/t10-,12+/m1/s1. The highest BCUT2D eigenvalue weighted by Crippen LogP contribution is 2.36. The number of benzene rings is 1. The summed E-state index contributed by atoms with van der Waals surface area (Å²) in [5.74, 6) is -0.813. The lowest BCUT2D eigenvalue weighted by atomic mass is 10.2. The van der Waals surface area contributed by atoms with E-state index in [1.54, 1.807) is 6.92 Å². The number of nitrogens with one attached hydrogen (secondary N) is 1. The zero-order valence-corrected chi connectivity index (χ0v) is 16.9. The Morgan fingerprint density at radius 1 is 1.37 bits per heavy atom. The van der Waals surface area contributed by atoms with Crippen molar-refractivity contribution >= 4 is 33.3 Å². The zero-order valence-electron chi connectivity index (χ0n) is 15.3. The smallest absolute Gasteiger partial charge is 0.339 e. The molecule has 0 aromatic heterocycles. The fourth-order valence-corrected chi connectivity index (χ4v) is 4.57. The van der Waals surface area contributed by atoms with Crippen LogP contribution in [-0.4, -0.2) is 57.7 Å². The van der Waals surface area contributed by atoms with Gasteiger partial charge >= 0.3 is 5.97 Å². The minimum Gasteiger partial charge on any atom is -0.493 e. The van der Waals surface area contributed by atoms with Crippen LogP contribution in [0.2, 0.25) is 5.02 Å². The van der Waals surface area contributed by atoms with Crippen LogP contribution in [-0.2, 0) is 19.4 Å². The highest BCUT2D eigenvalue weighted by Gasteiger charge is 2.31. The quantitative estimate of drug-likeness (QED) is 0.668. The van der Waals surface area contributed by atoms with Crippen molar-refractivity contribution in [1.29, 1.82) is 0 Å². The van der Waals surface area contributed by atoms with Crippen LogP contribution in [0.1, 0.15) is 30.6 Å². The molecule has 1 aromatic carbocycles. The molecular weight excluding hydrogens is 398 g/mol. The average molecular weight is 420 g/mol. The molecule has 1 aliphatic heterocycles. The molecule has 2 atom stereocenters. The van der Waals surface area contributed by atoms with Gasteiger partial charge in [0, 0.05) is 6.04 Å². The van der Waals surface area contributed by atoms with E-state index in [0.29, 0.717) is 18.8 Å². The van der Waals surface area contributed by atoms with Crippen LogP contribution in [0.15, 0.2) is 12.1 Å². The van der Waals surface area contributed by atoms with Crippen LogP contribution in [0.4, 0.5) is 0 Å². The molecule has 2 rings (SSSR count). The summed E-state index contributed by atoms with van der Waals surface area (Å²) in [4.78, 5) is 24.5. The minimum absolute atomic E-state index is 0.0383. The number of hydrogen-bond donors (Lipinski definition) is 1. The van der Waals surface area contributed by atoms with E-state index in [-0.39, 0.29) is 27.8 Å². The number of carbonyl (C=O) groups is 2. The number of ether oxygens (including phenoxy) is 3. The highest BCUT2D eigenvalue weighted by atomic mass is 35.5. The average Bonchev–Trinajstić information content (AvgIpc) is 2.94. The van der Waals surface area contributed by atoms with Crippen molar-refractivity contribution < 1.29 is 32.2 Å². The van der Waals surface area contributed by atoms with Crippen molar-refractivity contribution in [2.45, 2.75) is 32.4 Å². The van der Waals surface area contributed by atoms with Crippen molar-refractivity contribution in [3.8, 4) is 11.5 Å². The Morgan fingerprint density at radius 2 is 2.07 bits per heavy atom. The molecule has 1 aromatic rings. The fraction of sp³-hybridized carbons (Fsp3) is 0.529. The van der Waals surface area contributed by atoms with Gasteiger partial charge in [-0.15, -0.1) is 0 Å². The summed E-state index contributed by atoms with van der Waals surface area (Å²) in [6.45, 7) is 3.56. The summed E-state index contributed by atoms with van der Waals surface area (Å²) < 4.78 is 38.6. The normalized spacial score (nSPS) is 19.2. The lowest BCUT2D eigenvalue weighted by Gasteiger charge is -2.17. The van der Waals surface area contributed by atoms with E-state index in [0.717, 1.165) is 0 Å². The molecule has 0 aliphatic carbocycles. The number of halogens is 1. The third-order valence-corrected chi connectivity index (χ3v) is 6.03. The van der Waals surface area contributed by atoms with Crippen molar-refractivity contribution in [3.63, 3.8) is 0 Å². The van der Waals surface area contributed by atoms with Crippen LogP contribution in [0.3, 0.4) is 0 Å². The second kappa shape index (κ2) is 8.79. The molecule has 150 valence electrons. The van der Waals surface area contributed by atoms with Gasteiger partial charge in [-0.05, 0) is 32.4 Å². The lowest BCUT2D eigenvalue weighted by molar-refractivity contribution is -0.129. The molecule has 1 heterocycles. The Kier molecular flexibility index (Phi) is 6.94. The van der Waals surface area contributed by atoms with Crippen LogP contribution in [0.25, 0.3) is 0 Å². The molecule has 10 heteroatoms. The van der Waals surface area contributed by atoms with Gasteiger partial charge in [-0.25, -0.2) is 13.2 Å². The van der Waals surface area contributed by atoms with E-state index < -0.39 is 33.9 Å². The summed E-state index contributed by atoms with van der Waals surface area (Å²) in [5.41, 5.74) is 0.100. The number of hydrogen-bond acceptors (Lipinski definition) is 7. The number of carbonyl (C=O) groups excluding carboxylic acids is 2. The maximum Gasteiger partial charge on any atom is 0.339 e. The lowest BCUT2D eigenvalue weighted by Crippen LogP contribution is -2.42. The van der Waals surface area contributed by atoms with Crippen LogP contribution in [0.5, 0.6) is 11.5 Å². The Hall–Kier alpha value is -2.00. The molecule has 1 fully saturated rings. The first-order valence-electron chi connectivity index (χ1n) is 8.39. The van der Waals surface area contributed by atoms with Crippen molar-refractivity contribution in [2.75, 3.05) is 25.2 Å². The van der Waals surface area contributed by atoms with Crippen molar-refractivity contribution in [2.24, 2.45) is 0 Å². The predicted molar refractivity (Wildman–Crippen MR) is 99.3 cm³/mol. The first kappa shape index (κ1) is 21.3. The first-order valence-corrected chi connectivity index (χ1v) is 10.6. The Labute approximate surface area is 163 Å². The largest absolute Gasteiger partial charge is 0.493 e. The monoisotopic (exact) mass is 419 g/mol. The third kappa shape index (κ3) is 5.49. The molecule has 8 nitrogen and oxygen atoms in total. The molecule has 1 N–H and O–H groups in total. The van der Waals surface area contributed by atoms with Gasteiger partial charge in [-0.1, -0.05) is 11.6 Å². The summed E-state index contributed by atoms with van der Waals surface area (Å²) in [7, 11) is -1.71. The van der Waals surface area contributed by atoms with E-state index in [9.17, 15) is 18.0 Å². The van der Waals surface area contributed by atoms with Crippen molar-refractivity contribution in [3.05, 3.63) is 22.7 Å². The molecule has 0 bridgehead atoms. The summed E-state index contributed by atoms with van der Waals surface area (Å²) >= 11 is 6.13. The van der Waals surface area contributed by atoms with Gasteiger partial charge in [0.2, 0.25) is 0 Å². The van der Waals surface area contributed by atoms with Crippen LogP contribution < -0.4 is 14.8 Å². The second-order valence-corrected chi connectivity index (χ2v) is 8.71. The number of amides is 1. The summed E-state index contributed by atoms with van der Waals surface area (Å²) in [6.07, 6.45) is -0.752. The fourth-order valence-electron chi connectivity index (χ4n) is 2.63. The number of sulfone groups is 1. The van der Waals surface area contributed by atoms with Gasteiger partial charge in [0.05, 0.1) is 35.8 Å². The molecular formula is C17H22ClNO7S. The Morgan fingerprint density at radius 3 is 2.63 bits per heavy atom. The summed E-state index contributed by atoms with van der Waals surface area (Å²) in [5, 5.41) is 2.76. The summed E-state index contributed by atoms with van der Waals surface area (Å²) in [6, 6.07) is 2.31.